The smallest absolute Gasteiger partial charge is 0.254 e. The second-order valence-corrected chi connectivity index (χ2v) is 6.59. The number of hydrogen-bond acceptors (Lipinski definition) is 3. The Morgan fingerprint density at radius 3 is 2.76 bits per heavy atom. The van der Waals surface area contributed by atoms with Crippen molar-refractivity contribution in [1.29, 1.82) is 0 Å². The Kier molecular flexibility index (Phi) is 4.01. The van der Waals surface area contributed by atoms with Crippen LogP contribution in [0.3, 0.4) is 0 Å². The van der Waals surface area contributed by atoms with Crippen LogP contribution >= 0.6 is 0 Å². The minimum Gasteiger partial charge on any atom is -0.333 e. The number of nitrogens with one attached hydrogen (secondary N) is 1. The quantitative estimate of drug-likeness (QED) is 0.784. The molecule has 0 spiro atoms. The van der Waals surface area contributed by atoms with Crippen molar-refractivity contribution in [2.45, 2.75) is 19.9 Å². The van der Waals surface area contributed by atoms with Gasteiger partial charge in [0.15, 0.2) is 0 Å². The van der Waals surface area contributed by atoms with Crippen molar-refractivity contribution in [2.75, 3.05) is 19.6 Å². The molecule has 2 aromatic carbocycles. The van der Waals surface area contributed by atoms with Crippen molar-refractivity contribution in [3.8, 4) is 5.69 Å². The average Bonchev–Trinajstić information content (AvgIpc) is 2.97. The molecule has 1 aromatic heterocycles. The van der Waals surface area contributed by atoms with E-state index in [1.54, 1.807) is 0 Å². The molecule has 1 atom stereocenters. The number of carbonyl (C=O) groups is 1. The molecule has 0 unspecified atom stereocenters. The van der Waals surface area contributed by atoms with Crippen LogP contribution in [0.25, 0.3) is 16.7 Å². The summed E-state index contributed by atoms with van der Waals surface area (Å²) in [6.07, 6.45) is 0. The van der Waals surface area contributed by atoms with Crippen molar-refractivity contribution in [3.63, 3.8) is 0 Å². The van der Waals surface area contributed by atoms with Gasteiger partial charge in [-0.2, -0.15) is 0 Å². The molecular weight excluding hydrogens is 312 g/mol. The zero-order chi connectivity index (χ0) is 17.4. The highest BCUT2D eigenvalue weighted by atomic mass is 16.2. The fourth-order valence-electron chi connectivity index (χ4n) is 3.55. The van der Waals surface area contributed by atoms with Gasteiger partial charge >= 0.3 is 0 Å². The SMILES string of the molecule is Cc1nc2cc(C(=O)N3CCNC[C@@H]3C)ccc2n1-c1ccccc1. The van der Waals surface area contributed by atoms with E-state index in [1.807, 2.05) is 48.2 Å². The highest BCUT2D eigenvalue weighted by Crippen LogP contribution is 2.23. The molecular formula is C20H22N4O. The van der Waals surface area contributed by atoms with Gasteiger partial charge in [-0.1, -0.05) is 18.2 Å². The molecule has 5 nitrogen and oxygen atoms in total. The summed E-state index contributed by atoms with van der Waals surface area (Å²) < 4.78 is 2.12. The number of piperazine rings is 1. The predicted octanol–water partition coefficient (Wildman–Crippen LogP) is 2.77. The van der Waals surface area contributed by atoms with Crippen molar-refractivity contribution >= 4 is 16.9 Å². The van der Waals surface area contributed by atoms with E-state index in [9.17, 15) is 4.79 Å². The number of nitrogens with zero attached hydrogens (tertiary/aromatic N) is 3. The zero-order valence-electron chi connectivity index (χ0n) is 14.6. The van der Waals surface area contributed by atoms with E-state index in [1.165, 1.54) is 0 Å². The van der Waals surface area contributed by atoms with Crippen LogP contribution in [0.2, 0.25) is 0 Å². The molecule has 5 heteroatoms. The minimum atomic E-state index is 0.0859. The van der Waals surface area contributed by atoms with Crippen LogP contribution in [-0.2, 0) is 0 Å². The summed E-state index contributed by atoms with van der Waals surface area (Å²) in [6.45, 7) is 6.51. The van der Waals surface area contributed by atoms with E-state index in [0.717, 1.165) is 42.2 Å². The van der Waals surface area contributed by atoms with Gasteiger partial charge in [-0.15, -0.1) is 0 Å². The van der Waals surface area contributed by atoms with Gasteiger partial charge in [-0.05, 0) is 44.2 Å². The number of rotatable bonds is 2. The lowest BCUT2D eigenvalue weighted by Crippen LogP contribution is -2.52. The van der Waals surface area contributed by atoms with Crippen molar-refractivity contribution in [1.82, 2.24) is 19.8 Å². The van der Waals surface area contributed by atoms with E-state index >= 15 is 0 Å². The van der Waals surface area contributed by atoms with E-state index in [4.69, 9.17) is 0 Å². The monoisotopic (exact) mass is 334 g/mol. The number of imidazole rings is 1. The van der Waals surface area contributed by atoms with E-state index in [0.29, 0.717) is 5.56 Å². The first-order chi connectivity index (χ1) is 12.1. The molecule has 0 aliphatic carbocycles. The van der Waals surface area contributed by atoms with E-state index in [2.05, 4.69) is 33.9 Å². The standard InChI is InChI=1S/C20H22N4O/c1-14-13-21-10-11-23(14)20(25)16-8-9-19-18(12-16)22-15(2)24(19)17-6-4-3-5-7-17/h3-9,12,14,21H,10-11,13H2,1-2H3/t14-/m0/s1. The Hall–Kier alpha value is -2.66. The molecule has 4 rings (SSSR count). The summed E-state index contributed by atoms with van der Waals surface area (Å²) in [4.78, 5) is 19.5. The highest BCUT2D eigenvalue weighted by molar-refractivity contribution is 5.98. The third kappa shape index (κ3) is 2.81. The number of para-hydroxylation sites is 1. The van der Waals surface area contributed by atoms with Crippen LogP contribution in [0.1, 0.15) is 23.1 Å². The molecule has 0 saturated carbocycles. The number of hydrogen-bond donors (Lipinski definition) is 1. The molecule has 25 heavy (non-hydrogen) atoms. The number of amides is 1. The number of carbonyl (C=O) groups excluding carboxylic acids is 1. The molecule has 1 aliphatic heterocycles. The maximum Gasteiger partial charge on any atom is 0.254 e. The molecule has 1 N–H and O–H groups in total. The number of aryl methyl sites for hydroxylation is 1. The maximum atomic E-state index is 12.9. The van der Waals surface area contributed by atoms with Gasteiger partial charge in [0.25, 0.3) is 5.91 Å². The fraction of sp³-hybridized carbons (Fsp3) is 0.300. The largest absolute Gasteiger partial charge is 0.333 e. The second-order valence-electron chi connectivity index (χ2n) is 6.59. The second kappa shape index (κ2) is 6.33. The van der Waals surface area contributed by atoms with E-state index in [-0.39, 0.29) is 11.9 Å². The number of benzene rings is 2. The van der Waals surface area contributed by atoms with Gasteiger partial charge in [0.1, 0.15) is 5.82 Å². The maximum absolute atomic E-state index is 12.9. The lowest BCUT2D eigenvalue weighted by Gasteiger charge is -2.34. The molecule has 1 aliphatic rings. The van der Waals surface area contributed by atoms with Crippen LogP contribution in [-0.4, -0.2) is 46.0 Å². The van der Waals surface area contributed by atoms with Gasteiger partial charge in [-0.3, -0.25) is 9.36 Å². The van der Waals surface area contributed by atoms with Crippen LogP contribution in [0.4, 0.5) is 0 Å². The topological polar surface area (TPSA) is 50.2 Å². The average molecular weight is 334 g/mol. The van der Waals surface area contributed by atoms with Gasteiger partial charge in [0.2, 0.25) is 0 Å². The van der Waals surface area contributed by atoms with E-state index < -0.39 is 0 Å². The molecule has 3 aromatic rings. The van der Waals surface area contributed by atoms with Gasteiger partial charge in [0, 0.05) is 36.9 Å². The van der Waals surface area contributed by atoms with Crippen LogP contribution < -0.4 is 5.32 Å². The summed E-state index contributed by atoms with van der Waals surface area (Å²) in [5.74, 6) is 1.00. The van der Waals surface area contributed by atoms with Gasteiger partial charge < -0.3 is 10.2 Å². The molecule has 1 amide bonds. The highest BCUT2D eigenvalue weighted by Gasteiger charge is 2.24. The lowest BCUT2D eigenvalue weighted by atomic mass is 10.1. The molecule has 1 fully saturated rings. The number of fused-ring (bicyclic) bond motifs is 1. The van der Waals surface area contributed by atoms with Crippen LogP contribution in [0, 0.1) is 6.92 Å². The van der Waals surface area contributed by atoms with Crippen molar-refractivity contribution in [2.24, 2.45) is 0 Å². The van der Waals surface area contributed by atoms with Crippen molar-refractivity contribution in [3.05, 3.63) is 59.9 Å². The number of aromatic nitrogens is 2. The van der Waals surface area contributed by atoms with Crippen LogP contribution in [0.5, 0.6) is 0 Å². The van der Waals surface area contributed by atoms with Gasteiger partial charge in [-0.25, -0.2) is 4.98 Å². The Balaban J connectivity index is 1.73. The molecule has 0 radical (unpaired) electrons. The summed E-state index contributed by atoms with van der Waals surface area (Å²) in [5, 5.41) is 3.32. The molecule has 2 heterocycles. The molecule has 0 bridgehead atoms. The Morgan fingerprint density at radius 2 is 2.00 bits per heavy atom. The summed E-state index contributed by atoms with van der Waals surface area (Å²) >= 11 is 0. The Bertz CT molecular complexity index is 916. The normalized spacial score (nSPS) is 17.8. The third-order valence-electron chi connectivity index (χ3n) is 4.85. The fourth-order valence-corrected chi connectivity index (χ4v) is 3.55. The first kappa shape index (κ1) is 15.8. The first-order valence-electron chi connectivity index (χ1n) is 8.71. The minimum absolute atomic E-state index is 0.0859. The summed E-state index contributed by atoms with van der Waals surface area (Å²) in [6, 6.07) is 16.2. The lowest BCUT2D eigenvalue weighted by molar-refractivity contribution is 0.0656. The van der Waals surface area contributed by atoms with Crippen LogP contribution in [0.15, 0.2) is 48.5 Å². The molecule has 1 saturated heterocycles. The summed E-state index contributed by atoms with van der Waals surface area (Å²) in [7, 11) is 0. The predicted molar refractivity (Wildman–Crippen MR) is 99.2 cm³/mol. The molecule has 128 valence electrons. The Labute approximate surface area is 147 Å². The first-order valence-corrected chi connectivity index (χ1v) is 8.71. The Morgan fingerprint density at radius 1 is 1.20 bits per heavy atom. The van der Waals surface area contributed by atoms with Crippen molar-refractivity contribution < 1.29 is 4.79 Å². The summed E-state index contributed by atoms with van der Waals surface area (Å²) in [5.41, 5.74) is 3.67. The zero-order valence-corrected chi connectivity index (χ0v) is 14.6. The van der Waals surface area contributed by atoms with Gasteiger partial charge in [0.05, 0.1) is 11.0 Å². The third-order valence-corrected chi connectivity index (χ3v) is 4.85.